The molecule has 1 aromatic heterocycles. The van der Waals surface area contributed by atoms with Crippen molar-refractivity contribution in [2.45, 2.75) is 31.0 Å². The van der Waals surface area contributed by atoms with Crippen LogP contribution in [0.4, 0.5) is 5.82 Å². The first-order valence-electron chi connectivity index (χ1n) is 6.92. The molecular formula is C17H16N4S. The minimum atomic E-state index is 0.200. The highest BCUT2D eigenvalue weighted by Gasteiger charge is 2.17. The van der Waals surface area contributed by atoms with Crippen molar-refractivity contribution in [3.63, 3.8) is 0 Å². The number of hydrogen-bond donors (Lipinski definition) is 1. The lowest BCUT2D eigenvalue weighted by Gasteiger charge is -2.11. The molecule has 2 N–H and O–H groups in total. The fourth-order valence-electron chi connectivity index (χ4n) is 2.25. The van der Waals surface area contributed by atoms with Crippen molar-refractivity contribution < 1.29 is 0 Å². The van der Waals surface area contributed by atoms with Gasteiger partial charge in [0.2, 0.25) is 0 Å². The van der Waals surface area contributed by atoms with Crippen LogP contribution in [0.15, 0.2) is 29.3 Å². The highest BCUT2D eigenvalue weighted by atomic mass is 32.2. The summed E-state index contributed by atoms with van der Waals surface area (Å²) in [7, 11) is 0. The molecule has 2 rings (SSSR count). The smallest absolute Gasteiger partial charge is 0.143 e. The standard InChI is InChI=1S/C17H16N4S/c1-3-13-14(8-18)16(20)21-17(15(13)9-19)22-10-12-7-5-4-6-11(12)2/h4-7H,3,10H2,1-2H3,(H2,20,21). The van der Waals surface area contributed by atoms with Crippen LogP contribution in [0.2, 0.25) is 0 Å². The van der Waals surface area contributed by atoms with E-state index in [0.29, 0.717) is 33.9 Å². The van der Waals surface area contributed by atoms with E-state index in [0.717, 1.165) is 0 Å². The molecule has 0 fully saturated rings. The first kappa shape index (κ1) is 15.9. The molecule has 110 valence electrons. The molecule has 0 aliphatic heterocycles. The largest absolute Gasteiger partial charge is 0.383 e. The molecule has 0 aliphatic carbocycles. The zero-order chi connectivity index (χ0) is 16.1. The van der Waals surface area contributed by atoms with Crippen LogP contribution < -0.4 is 5.73 Å². The van der Waals surface area contributed by atoms with E-state index in [4.69, 9.17) is 5.73 Å². The van der Waals surface area contributed by atoms with E-state index in [1.807, 2.05) is 19.1 Å². The number of benzene rings is 1. The van der Waals surface area contributed by atoms with Gasteiger partial charge in [-0.15, -0.1) is 11.8 Å². The molecule has 4 nitrogen and oxygen atoms in total. The summed E-state index contributed by atoms with van der Waals surface area (Å²) in [4.78, 5) is 4.26. The molecule has 5 heteroatoms. The molecule has 1 heterocycles. The third-order valence-corrected chi connectivity index (χ3v) is 4.52. The molecule has 1 aromatic carbocycles. The van der Waals surface area contributed by atoms with Crippen molar-refractivity contribution in [3.05, 3.63) is 52.1 Å². The number of rotatable bonds is 4. The maximum absolute atomic E-state index is 9.44. The zero-order valence-corrected chi connectivity index (χ0v) is 13.4. The molecule has 0 saturated carbocycles. The Morgan fingerprint density at radius 2 is 1.86 bits per heavy atom. The van der Waals surface area contributed by atoms with Gasteiger partial charge in [0, 0.05) is 5.75 Å². The van der Waals surface area contributed by atoms with Gasteiger partial charge in [-0.25, -0.2) is 4.98 Å². The van der Waals surface area contributed by atoms with Gasteiger partial charge in [0.25, 0.3) is 0 Å². The van der Waals surface area contributed by atoms with Crippen LogP contribution in [0.5, 0.6) is 0 Å². The predicted molar refractivity (Wildman–Crippen MR) is 88.2 cm³/mol. The van der Waals surface area contributed by atoms with E-state index in [1.165, 1.54) is 22.9 Å². The normalized spacial score (nSPS) is 10.0. The average Bonchev–Trinajstić information content (AvgIpc) is 2.53. The Morgan fingerprint density at radius 1 is 1.18 bits per heavy atom. The molecule has 0 atom stereocenters. The second-order valence-electron chi connectivity index (χ2n) is 4.82. The lowest BCUT2D eigenvalue weighted by molar-refractivity contribution is 1.02. The van der Waals surface area contributed by atoms with Gasteiger partial charge in [0.15, 0.2) is 0 Å². The monoisotopic (exact) mass is 308 g/mol. The summed E-state index contributed by atoms with van der Waals surface area (Å²) in [5.74, 6) is 0.911. The van der Waals surface area contributed by atoms with Gasteiger partial charge in [-0.1, -0.05) is 31.2 Å². The number of anilines is 1. The SMILES string of the molecule is CCc1c(C#N)c(N)nc(SCc2ccccc2C)c1C#N. The van der Waals surface area contributed by atoms with E-state index in [9.17, 15) is 10.5 Å². The number of aromatic nitrogens is 1. The van der Waals surface area contributed by atoms with Gasteiger partial charge in [-0.2, -0.15) is 10.5 Å². The molecule has 0 amide bonds. The highest BCUT2D eigenvalue weighted by Crippen LogP contribution is 2.31. The minimum absolute atomic E-state index is 0.200. The van der Waals surface area contributed by atoms with Crippen LogP contribution in [-0.4, -0.2) is 4.98 Å². The Bertz CT molecular complexity index is 784. The van der Waals surface area contributed by atoms with Crippen molar-refractivity contribution in [1.29, 1.82) is 10.5 Å². The Balaban J connectivity index is 2.40. The van der Waals surface area contributed by atoms with Gasteiger partial charge < -0.3 is 5.73 Å². The predicted octanol–water partition coefficient (Wildman–Crippen LogP) is 3.57. The number of nitrogens with zero attached hydrogens (tertiary/aromatic N) is 3. The van der Waals surface area contributed by atoms with E-state index >= 15 is 0 Å². The van der Waals surface area contributed by atoms with Crippen LogP contribution in [0.1, 0.15) is 34.7 Å². The lowest BCUT2D eigenvalue weighted by atomic mass is 10.0. The summed E-state index contributed by atoms with van der Waals surface area (Å²) in [6.07, 6.45) is 0.580. The zero-order valence-electron chi connectivity index (χ0n) is 12.6. The molecule has 0 radical (unpaired) electrons. The summed E-state index contributed by atoms with van der Waals surface area (Å²) < 4.78 is 0. The van der Waals surface area contributed by atoms with Crippen LogP contribution in [0.3, 0.4) is 0 Å². The third-order valence-electron chi connectivity index (χ3n) is 3.50. The summed E-state index contributed by atoms with van der Waals surface area (Å²) in [6.45, 7) is 3.96. The fourth-order valence-corrected chi connectivity index (χ4v) is 3.34. The number of pyridine rings is 1. The van der Waals surface area contributed by atoms with Crippen molar-refractivity contribution in [2.24, 2.45) is 0 Å². The van der Waals surface area contributed by atoms with E-state index in [-0.39, 0.29) is 5.82 Å². The summed E-state index contributed by atoms with van der Waals surface area (Å²) in [5.41, 5.74) is 9.74. The first-order chi connectivity index (χ1) is 10.6. The Labute approximate surface area is 134 Å². The summed E-state index contributed by atoms with van der Waals surface area (Å²) >= 11 is 1.48. The third kappa shape index (κ3) is 3.05. The van der Waals surface area contributed by atoms with Gasteiger partial charge >= 0.3 is 0 Å². The second kappa shape index (κ2) is 6.98. The summed E-state index contributed by atoms with van der Waals surface area (Å²) in [5, 5.41) is 19.2. The van der Waals surface area contributed by atoms with Crippen LogP contribution in [-0.2, 0) is 12.2 Å². The van der Waals surface area contributed by atoms with Gasteiger partial charge in [-0.3, -0.25) is 0 Å². The Morgan fingerprint density at radius 3 is 2.45 bits per heavy atom. The van der Waals surface area contributed by atoms with Gasteiger partial charge in [0.1, 0.15) is 23.0 Å². The number of nitrogen functional groups attached to an aromatic ring is 1. The highest BCUT2D eigenvalue weighted by molar-refractivity contribution is 7.98. The lowest BCUT2D eigenvalue weighted by Crippen LogP contribution is -2.05. The van der Waals surface area contributed by atoms with Crippen molar-refractivity contribution in [2.75, 3.05) is 5.73 Å². The van der Waals surface area contributed by atoms with E-state index in [1.54, 1.807) is 0 Å². The average molecular weight is 308 g/mol. The van der Waals surface area contributed by atoms with Crippen molar-refractivity contribution >= 4 is 17.6 Å². The molecule has 0 bridgehead atoms. The van der Waals surface area contributed by atoms with Crippen LogP contribution >= 0.6 is 11.8 Å². The molecular weight excluding hydrogens is 292 g/mol. The van der Waals surface area contributed by atoms with E-state index < -0.39 is 0 Å². The Hall–Kier alpha value is -2.50. The maximum Gasteiger partial charge on any atom is 0.143 e. The van der Waals surface area contributed by atoms with Crippen molar-refractivity contribution in [1.82, 2.24) is 4.98 Å². The topological polar surface area (TPSA) is 86.5 Å². The van der Waals surface area contributed by atoms with Gasteiger partial charge in [0.05, 0.1) is 11.1 Å². The van der Waals surface area contributed by atoms with Crippen molar-refractivity contribution in [3.8, 4) is 12.1 Å². The number of nitrogens with two attached hydrogens (primary N) is 1. The fraction of sp³-hybridized carbons (Fsp3) is 0.235. The summed E-state index contributed by atoms with van der Waals surface area (Å²) in [6, 6.07) is 12.3. The maximum atomic E-state index is 9.44. The minimum Gasteiger partial charge on any atom is -0.383 e. The molecule has 0 saturated heterocycles. The first-order valence-corrected chi connectivity index (χ1v) is 7.90. The second-order valence-corrected chi connectivity index (χ2v) is 5.79. The molecule has 0 aliphatic rings. The molecule has 0 unspecified atom stereocenters. The number of nitriles is 2. The molecule has 0 spiro atoms. The van der Waals surface area contributed by atoms with Crippen LogP contribution in [0, 0.1) is 29.6 Å². The number of thioether (sulfide) groups is 1. The molecule has 22 heavy (non-hydrogen) atoms. The quantitative estimate of drug-likeness (QED) is 0.872. The Kier molecular flexibility index (Phi) is 5.04. The molecule has 2 aromatic rings. The number of hydrogen-bond acceptors (Lipinski definition) is 5. The van der Waals surface area contributed by atoms with Gasteiger partial charge in [-0.05, 0) is 30.0 Å². The number of aryl methyl sites for hydroxylation is 1. The van der Waals surface area contributed by atoms with Crippen LogP contribution in [0.25, 0.3) is 0 Å². The van der Waals surface area contributed by atoms with E-state index in [2.05, 4.69) is 36.2 Å².